The largest absolute Gasteiger partial charge is 0.496 e. The summed E-state index contributed by atoms with van der Waals surface area (Å²) in [5.74, 6) is -0.674. The molecule has 0 saturated heterocycles. The number of nitrogens with zero attached hydrogens (tertiary/aromatic N) is 1. The molecular formula is C8H9NO3. The number of aromatic nitrogens is 1. The number of carbonyl (C=O) groups is 1. The minimum Gasteiger partial charge on any atom is -0.496 e. The van der Waals surface area contributed by atoms with Crippen LogP contribution in [0.1, 0.15) is 16.1 Å². The molecule has 0 amide bonds. The second-order valence-corrected chi connectivity index (χ2v) is 2.28. The van der Waals surface area contributed by atoms with E-state index in [0.717, 1.165) is 0 Å². The fourth-order valence-corrected chi connectivity index (χ4v) is 0.973. The summed E-state index contributed by atoms with van der Waals surface area (Å²) in [5.41, 5.74) is 0.585. The Morgan fingerprint density at radius 1 is 1.67 bits per heavy atom. The van der Waals surface area contributed by atoms with Gasteiger partial charge in [0.05, 0.1) is 12.8 Å². The molecule has 0 aliphatic rings. The average molecular weight is 167 g/mol. The van der Waals surface area contributed by atoms with Gasteiger partial charge in [-0.15, -0.1) is 0 Å². The highest BCUT2D eigenvalue weighted by Crippen LogP contribution is 2.18. The molecule has 0 saturated carbocycles. The summed E-state index contributed by atoms with van der Waals surface area (Å²) < 4.78 is 4.87. The van der Waals surface area contributed by atoms with Crippen LogP contribution < -0.4 is 4.74 Å². The van der Waals surface area contributed by atoms with Gasteiger partial charge < -0.3 is 9.84 Å². The number of hydrogen-bond donors (Lipinski definition) is 1. The fraction of sp³-hybridized carbons (Fsp3) is 0.250. The first-order valence-electron chi connectivity index (χ1n) is 3.39. The molecule has 0 spiro atoms. The first-order valence-corrected chi connectivity index (χ1v) is 3.39. The minimum atomic E-state index is -1.02. The Labute approximate surface area is 69.8 Å². The quantitative estimate of drug-likeness (QED) is 0.716. The Kier molecular flexibility index (Phi) is 2.28. The molecule has 1 N–H and O–H groups in total. The normalized spacial score (nSPS) is 9.50. The zero-order valence-corrected chi connectivity index (χ0v) is 6.87. The van der Waals surface area contributed by atoms with Gasteiger partial charge in [-0.1, -0.05) is 0 Å². The molecule has 0 aromatic carbocycles. The highest BCUT2D eigenvalue weighted by Gasteiger charge is 2.13. The molecule has 0 atom stereocenters. The lowest BCUT2D eigenvalue weighted by Crippen LogP contribution is -2.04. The van der Waals surface area contributed by atoms with E-state index in [1.807, 2.05) is 0 Å². The number of hydrogen-bond acceptors (Lipinski definition) is 3. The summed E-state index contributed by atoms with van der Waals surface area (Å²) in [6, 6.07) is 1.52. The van der Waals surface area contributed by atoms with Gasteiger partial charge in [0.2, 0.25) is 0 Å². The highest BCUT2D eigenvalue weighted by molar-refractivity contribution is 5.91. The van der Waals surface area contributed by atoms with E-state index in [2.05, 4.69) is 4.98 Å². The first kappa shape index (κ1) is 8.52. The van der Waals surface area contributed by atoms with Crippen LogP contribution in [0, 0.1) is 6.92 Å². The molecular weight excluding hydrogens is 158 g/mol. The Balaban J connectivity index is 3.29. The lowest BCUT2D eigenvalue weighted by atomic mass is 10.2. The number of aryl methyl sites for hydroxylation is 1. The molecule has 4 heteroatoms. The van der Waals surface area contributed by atoms with Crippen molar-refractivity contribution in [3.05, 3.63) is 23.5 Å². The van der Waals surface area contributed by atoms with Crippen molar-refractivity contribution < 1.29 is 14.6 Å². The third-order valence-corrected chi connectivity index (χ3v) is 1.54. The van der Waals surface area contributed by atoms with Crippen molar-refractivity contribution in [3.63, 3.8) is 0 Å². The number of carboxylic acid groups (broad SMARTS) is 1. The average Bonchev–Trinajstić information content (AvgIpc) is 2.03. The topological polar surface area (TPSA) is 59.4 Å². The minimum absolute atomic E-state index is 0.125. The second kappa shape index (κ2) is 3.21. The van der Waals surface area contributed by atoms with Crippen LogP contribution in [0.5, 0.6) is 5.75 Å². The van der Waals surface area contributed by atoms with Gasteiger partial charge in [-0.25, -0.2) is 4.79 Å². The van der Waals surface area contributed by atoms with Gasteiger partial charge in [-0.3, -0.25) is 4.98 Å². The van der Waals surface area contributed by atoms with Gasteiger partial charge in [0.1, 0.15) is 11.3 Å². The maximum atomic E-state index is 10.7. The van der Waals surface area contributed by atoms with Crippen molar-refractivity contribution >= 4 is 5.97 Å². The van der Waals surface area contributed by atoms with Crippen LogP contribution >= 0.6 is 0 Å². The molecule has 1 rings (SSSR count). The maximum absolute atomic E-state index is 10.7. The predicted molar refractivity (Wildman–Crippen MR) is 42.5 cm³/mol. The summed E-state index contributed by atoms with van der Waals surface area (Å²) in [6.07, 6.45) is 1.51. The summed E-state index contributed by atoms with van der Waals surface area (Å²) >= 11 is 0. The fourth-order valence-electron chi connectivity index (χ4n) is 0.973. The Morgan fingerprint density at radius 3 is 2.75 bits per heavy atom. The smallest absolute Gasteiger partial charge is 0.341 e. The molecule has 0 radical (unpaired) electrons. The van der Waals surface area contributed by atoms with E-state index in [1.54, 1.807) is 6.92 Å². The summed E-state index contributed by atoms with van der Waals surface area (Å²) in [5, 5.41) is 8.76. The van der Waals surface area contributed by atoms with E-state index < -0.39 is 5.97 Å². The standard InChI is InChI=1S/C8H9NO3/c1-5-7(8(10)11)6(12-2)3-4-9-5/h3-4H,1-2H3,(H,10,11). The first-order chi connectivity index (χ1) is 5.66. The lowest BCUT2D eigenvalue weighted by Gasteiger charge is -2.05. The monoisotopic (exact) mass is 167 g/mol. The number of methoxy groups -OCH3 is 1. The maximum Gasteiger partial charge on any atom is 0.341 e. The van der Waals surface area contributed by atoms with Gasteiger partial charge in [-0.2, -0.15) is 0 Å². The Hall–Kier alpha value is -1.58. The van der Waals surface area contributed by atoms with E-state index in [0.29, 0.717) is 11.4 Å². The number of ether oxygens (including phenoxy) is 1. The van der Waals surface area contributed by atoms with Gasteiger partial charge in [0.25, 0.3) is 0 Å². The van der Waals surface area contributed by atoms with E-state index in [9.17, 15) is 4.79 Å². The van der Waals surface area contributed by atoms with E-state index >= 15 is 0 Å². The summed E-state index contributed by atoms with van der Waals surface area (Å²) in [7, 11) is 1.43. The van der Waals surface area contributed by atoms with E-state index in [1.165, 1.54) is 19.4 Å². The van der Waals surface area contributed by atoms with Crippen molar-refractivity contribution in [1.29, 1.82) is 0 Å². The SMILES string of the molecule is COc1ccnc(C)c1C(=O)O. The van der Waals surface area contributed by atoms with Crippen LogP contribution in [0.3, 0.4) is 0 Å². The molecule has 0 aliphatic carbocycles. The van der Waals surface area contributed by atoms with Crippen LogP contribution in [0.4, 0.5) is 0 Å². The molecule has 0 fully saturated rings. The molecule has 1 aromatic heterocycles. The van der Waals surface area contributed by atoms with Gasteiger partial charge in [0, 0.05) is 6.20 Å². The highest BCUT2D eigenvalue weighted by atomic mass is 16.5. The summed E-state index contributed by atoms with van der Waals surface area (Å²) in [6.45, 7) is 1.63. The molecule has 0 bridgehead atoms. The number of rotatable bonds is 2. The van der Waals surface area contributed by atoms with E-state index in [-0.39, 0.29) is 5.56 Å². The van der Waals surface area contributed by atoms with Crippen molar-refractivity contribution in [2.24, 2.45) is 0 Å². The zero-order chi connectivity index (χ0) is 9.14. The Morgan fingerprint density at radius 2 is 2.33 bits per heavy atom. The van der Waals surface area contributed by atoms with Gasteiger partial charge >= 0.3 is 5.97 Å². The number of carboxylic acids is 1. The van der Waals surface area contributed by atoms with Gasteiger partial charge in [0.15, 0.2) is 0 Å². The molecule has 0 unspecified atom stereocenters. The third kappa shape index (κ3) is 1.37. The molecule has 12 heavy (non-hydrogen) atoms. The Bertz CT molecular complexity index is 309. The second-order valence-electron chi connectivity index (χ2n) is 2.28. The number of aromatic carboxylic acids is 1. The van der Waals surface area contributed by atoms with Crippen LogP contribution in [0.25, 0.3) is 0 Å². The van der Waals surface area contributed by atoms with Crippen LogP contribution in [0.15, 0.2) is 12.3 Å². The molecule has 4 nitrogen and oxygen atoms in total. The molecule has 1 aromatic rings. The summed E-state index contributed by atoms with van der Waals surface area (Å²) in [4.78, 5) is 14.5. The van der Waals surface area contributed by atoms with E-state index in [4.69, 9.17) is 9.84 Å². The molecule has 1 heterocycles. The molecule has 0 aliphatic heterocycles. The van der Waals surface area contributed by atoms with Crippen LogP contribution in [-0.4, -0.2) is 23.2 Å². The van der Waals surface area contributed by atoms with Crippen LogP contribution in [0.2, 0.25) is 0 Å². The lowest BCUT2D eigenvalue weighted by molar-refractivity contribution is 0.0692. The van der Waals surface area contributed by atoms with Crippen molar-refractivity contribution in [3.8, 4) is 5.75 Å². The van der Waals surface area contributed by atoms with Crippen molar-refractivity contribution in [1.82, 2.24) is 4.98 Å². The number of pyridine rings is 1. The zero-order valence-electron chi connectivity index (χ0n) is 6.87. The molecule has 64 valence electrons. The van der Waals surface area contributed by atoms with Crippen molar-refractivity contribution in [2.45, 2.75) is 6.92 Å². The van der Waals surface area contributed by atoms with Gasteiger partial charge in [-0.05, 0) is 13.0 Å². The van der Waals surface area contributed by atoms with Crippen LogP contribution in [-0.2, 0) is 0 Å². The predicted octanol–water partition coefficient (Wildman–Crippen LogP) is 1.10. The third-order valence-electron chi connectivity index (χ3n) is 1.54. The van der Waals surface area contributed by atoms with Crippen molar-refractivity contribution in [2.75, 3.05) is 7.11 Å².